The summed E-state index contributed by atoms with van der Waals surface area (Å²) in [7, 11) is 5.39. The van der Waals surface area contributed by atoms with Crippen LogP contribution in [0.3, 0.4) is 0 Å². The van der Waals surface area contributed by atoms with Crippen LogP contribution in [0.2, 0.25) is 0 Å². The number of carboxylic acid groups (broad SMARTS) is 1. The molecule has 8 nitrogen and oxygen atoms in total. The van der Waals surface area contributed by atoms with Gasteiger partial charge in [0.05, 0.1) is 40.3 Å². The van der Waals surface area contributed by atoms with Crippen molar-refractivity contribution >= 4 is 17.9 Å². The van der Waals surface area contributed by atoms with Gasteiger partial charge in [0.25, 0.3) is 0 Å². The van der Waals surface area contributed by atoms with Crippen LogP contribution >= 0.6 is 0 Å². The first-order chi connectivity index (χ1) is 26.6. The SMILES string of the molecule is CCCCC/C=C/C=C/C=C/C=C/CCCCCCCC(=O)OC(COCCC(C(=O)[O-])[N+](C)(C)C)COC(=O)CCCCC/C=C/CCCCCCCC. The van der Waals surface area contributed by atoms with Crippen molar-refractivity contribution in [2.45, 2.75) is 180 Å². The molecule has 0 fully saturated rings. The molecule has 0 aliphatic carbocycles. The smallest absolute Gasteiger partial charge is 0.306 e. The van der Waals surface area contributed by atoms with E-state index in [2.05, 4.69) is 68.5 Å². The van der Waals surface area contributed by atoms with Crippen molar-refractivity contribution in [2.75, 3.05) is 41.0 Å². The fourth-order valence-electron chi connectivity index (χ4n) is 6.02. The highest BCUT2D eigenvalue weighted by Gasteiger charge is 2.25. The van der Waals surface area contributed by atoms with E-state index in [-0.39, 0.29) is 49.1 Å². The van der Waals surface area contributed by atoms with Gasteiger partial charge in [0, 0.05) is 19.3 Å². The summed E-state index contributed by atoms with van der Waals surface area (Å²) in [4.78, 5) is 36.8. The quantitative estimate of drug-likeness (QED) is 0.0202. The predicted molar refractivity (Wildman–Crippen MR) is 226 cm³/mol. The molecule has 8 heteroatoms. The van der Waals surface area contributed by atoms with Crippen LogP contribution in [0, 0.1) is 0 Å². The van der Waals surface area contributed by atoms with Gasteiger partial charge in [-0.3, -0.25) is 9.59 Å². The Bertz CT molecular complexity index is 1090. The number of allylic oxidation sites excluding steroid dienone is 10. The number of carbonyl (C=O) groups is 3. The van der Waals surface area contributed by atoms with Gasteiger partial charge in [0.1, 0.15) is 12.6 Å². The van der Waals surface area contributed by atoms with Gasteiger partial charge in [0.2, 0.25) is 0 Å². The molecular weight excluding hydrogens is 691 g/mol. The Morgan fingerprint density at radius 1 is 0.545 bits per heavy atom. The van der Waals surface area contributed by atoms with Crippen LogP contribution < -0.4 is 5.11 Å². The number of aliphatic carboxylic acids is 1. The molecule has 0 saturated heterocycles. The number of carbonyl (C=O) groups excluding carboxylic acids is 3. The summed E-state index contributed by atoms with van der Waals surface area (Å²) in [5.74, 6) is -1.79. The van der Waals surface area contributed by atoms with E-state index in [1.807, 2.05) is 6.08 Å². The first-order valence-corrected chi connectivity index (χ1v) is 21.9. The molecule has 2 atom stereocenters. The van der Waals surface area contributed by atoms with Crippen LogP contribution in [-0.4, -0.2) is 75.5 Å². The van der Waals surface area contributed by atoms with Gasteiger partial charge >= 0.3 is 11.9 Å². The van der Waals surface area contributed by atoms with Gasteiger partial charge in [-0.15, -0.1) is 0 Å². The highest BCUT2D eigenvalue weighted by Crippen LogP contribution is 2.12. The maximum Gasteiger partial charge on any atom is 0.306 e. The van der Waals surface area contributed by atoms with Gasteiger partial charge in [0.15, 0.2) is 6.10 Å². The van der Waals surface area contributed by atoms with Crippen LogP contribution in [0.15, 0.2) is 60.8 Å². The van der Waals surface area contributed by atoms with Crippen LogP contribution in [-0.2, 0) is 28.6 Å². The normalized spacial score (nSPS) is 13.5. The highest BCUT2D eigenvalue weighted by molar-refractivity contribution is 5.70. The summed E-state index contributed by atoms with van der Waals surface area (Å²) >= 11 is 0. The van der Waals surface area contributed by atoms with E-state index >= 15 is 0 Å². The lowest BCUT2D eigenvalue weighted by molar-refractivity contribution is -0.889. The number of nitrogens with zero attached hydrogens (tertiary/aromatic N) is 1. The Morgan fingerprint density at radius 2 is 0.982 bits per heavy atom. The van der Waals surface area contributed by atoms with Gasteiger partial charge in [-0.25, -0.2) is 0 Å². The fraction of sp³-hybridized carbons (Fsp3) is 0.723. The molecule has 0 aromatic rings. The van der Waals surface area contributed by atoms with Crippen molar-refractivity contribution in [3.63, 3.8) is 0 Å². The lowest BCUT2D eigenvalue weighted by Gasteiger charge is -2.34. The Balaban J connectivity index is 4.45. The van der Waals surface area contributed by atoms with Crippen molar-refractivity contribution < 1.29 is 38.2 Å². The van der Waals surface area contributed by atoms with E-state index in [4.69, 9.17) is 14.2 Å². The van der Waals surface area contributed by atoms with Crippen LogP contribution in [0.4, 0.5) is 0 Å². The lowest BCUT2D eigenvalue weighted by atomic mass is 10.1. The zero-order valence-electron chi connectivity index (χ0n) is 35.8. The summed E-state index contributed by atoms with van der Waals surface area (Å²) in [5.41, 5.74) is 0. The molecule has 0 N–H and O–H groups in total. The maximum absolute atomic E-state index is 12.7. The molecule has 0 heterocycles. The molecule has 0 rings (SSSR count). The molecular formula is C47H81NO7. The second-order valence-electron chi connectivity index (χ2n) is 15.7. The average Bonchev–Trinajstić information content (AvgIpc) is 3.14. The number of rotatable bonds is 38. The van der Waals surface area contributed by atoms with Gasteiger partial charge in [-0.1, -0.05) is 145 Å². The first-order valence-electron chi connectivity index (χ1n) is 21.9. The highest BCUT2D eigenvalue weighted by atomic mass is 16.6. The van der Waals surface area contributed by atoms with E-state index in [0.717, 1.165) is 77.0 Å². The molecule has 55 heavy (non-hydrogen) atoms. The zero-order chi connectivity index (χ0) is 40.7. The number of ether oxygens (including phenoxy) is 3. The van der Waals surface area contributed by atoms with E-state index in [0.29, 0.717) is 6.42 Å². The number of hydrogen-bond donors (Lipinski definition) is 0. The largest absolute Gasteiger partial charge is 0.544 e. The summed E-state index contributed by atoms with van der Waals surface area (Å²) < 4.78 is 17.1. The molecule has 0 aliphatic heterocycles. The minimum atomic E-state index is -1.13. The second kappa shape index (κ2) is 37.9. The lowest BCUT2D eigenvalue weighted by Crippen LogP contribution is -2.55. The molecule has 316 valence electrons. The Kier molecular flexibility index (Phi) is 35.9. The number of likely N-dealkylation sites (N-methyl/N-ethyl adjacent to an activating group) is 1. The van der Waals surface area contributed by atoms with Crippen molar-refractivity contribution in [1.29, 1.82) is 0 Å². The molecule has 0 aromatic heterocycles. The second-order valence-corrected chi connectivity index (χ2v) is 15.7. The van der Waals surface area contributed by atoms with Crippen LogP contribution in [0.1, 0.15) is 168 Å². The number of carboxylic acids is 1. The molecule has 0 aliphatic rings. The summed E-state index contributed by atoms with van der Waals surface area (Å²) in [6.07, 6.45) is 45.2. The Morgan fingerprint density at radius 3 is 1.53 bits per heavy atom. The number of unbranched alkanes of at least 4 members (excludes halogenated alkanes) is 17. The molecule has 0 radical (unpaired) electrons. The fourth-order valence-corrected chi connectivity index (χ4v) is 6.02. The summed E-state index contributed by atoms with van der Waals surface area (Å²) in [6.45, 7) is 4.56. The molecule has 0 aromatic carbocycles. The Labute approximate surface area is 337 Å². The monoisotopic (exact) mass is 772 g/mol. The van der Waals surface area contributed by atoms with E-state index < -0.39 is 18.1 Å². The molecule has 0 amide bonds. The predicted octanol–water partition coefficient (Wildman–Crippen LogP) is 10.5. The third kappa shape index (κ3) is 36.4. The summed E-state index contributed by atoms with van der Waals surface area (Å²) in [5, 5.41) is 11.6. The van der Waals surface area contributed by atoms with Crippen molar-refractivity contribution in [3.05, 3.63) is 60.8 Å². The molecule has 0 bridgehead atoms. The standard InChI is InChI=1S/C47H81NO7/c1-6-8-10-12-14-16-18-20-21-22-23-24-26-28-30-32-34-36-38-46(50)55-43(41-53-40-39-44(47(51)52)48(3,4)5)42-54-45(49)37-35-33-31-29-27-25-19-17-15-13-11-9-7-2/h14,16,18,20-25,27,43-44H,6-13,15,17,19,26,28-42H2,1-5H3/b16-14+,20-18+,22-21+,24-23+,27-25+. The van der Waals surface area contributed by atoms with Gasteiger partial charge < -0.3 is 28.6 Å². The van der Waals surface area contributed by atoms with E-state index in [1.165, 1.54) is 57.8 Å². The number of hydrogen-bond acceptors (Lipinski definition) is 7. The van der Waals surface area contributed by atoms with Crippen LogP contribution in [0.25, 0.3) is 0 Å². The number of quaternary nitrogens is 1. The van der Waals surface area contributed by atoms with Gasteiger partial charge in [-0.05, 0) is 64.2 Å². The van der Waals surface area contributed by atoms with Crippen LogP contribution in [0.5, 0.6) is 0 Å². The van der Waals surface area contributed by atoms with E-state index in [9.17, 15) is 19.5 Å². The van der Waals surface area contributed by atoms with Crippen molar-refractivity contribution in [1.82, 2.24) is 0 Å². The molecule has 0 spiro atoms. The zero-order valence-corrected chi connectivity index (χ0v) is 35.8. The van der Waals surface area contributed by atoms with Crippen molar-refractivity contribution in [3.8, 4) is 0 Å². The maximum atomic E-state index is 12.7. The molecule has 2 unspecified atom stereocenters. The van der Waals surface area contributed by atoms with Crippen molar-refractivity contribution in [2.24, 2.45) is 0 Å². The Hall–Kier alpha value is -2.97. The van der Waals surface area contributed by atoms with E-state index in [1.54, 1.807) is 21.1 Å². The topological polar surface area (TPSA) is 102 Å². The van der Waals surface area contributed by atoms with Gasteiger partial charge in [-0.2, -0.15) is 0 Å². The third-order valence-corrected chi connectivity index (χ3v) is 9.47. The minimum absolute atomic E-state index is 0.0240. The first kappa shape index (κ1) is 52.0. The summed E-state index contributed by atoms with van der Waals surface area (Å²) in [6, 6.07) is -0.734. The average molecular weight is 772 g/mol. The number of esters is 2. The minimum Gasteiger partial charge on any atom is -0.544 e. The third-order valence-electron chi connectivity index (χ3n) is 9.47. The molecule has 0 saturated carbocycles.